The molecule has 0 spiro atoms. The standard InChI is InChI=1S/C13H15ClFNO/c14-10-4-1-3-9(12(10)15)7-11(17)13(8-16)5-2-6-13/h1,3-4H,2,5-8,16H2. The van der Waals surface area contributed by atoms with E-state index in [1.807, 2.05) is 0 Å². The van der Waals surface area contributed by atoms with Crippen LogP contribution < -0.4 is 5.73 Å². The third-order valence-electron chi connectivity index (χ3n) is 3.68. The van der Waals surface area contributed by atoms with Crippen LogP contribution in [0.25, 0.3) is 0 Å². The van der Waals surface area contributed by atoms with E-state index in [9.17, 15) is 9.18 Å². The molecule has 1 fully saturated rings. The number of halogens is 2. The van der Waals surface area contributed by atoms with Crippen molar-refractivity contribution in [1.29, 1.82) is 0 Å². The molecule has 1 aliphatic carbocycles. The van der Waals surface area contributed by atoms with Crippen molar-refractivity contribution in [2.45, 2.75) is 25.7 Å². The highest BCUT2D eigenvalue weighted by atomic mass is 35.5. The molecule has 0 bridgehead atoms. The van der Waals surface area contributed by atoms with Gasteiger partial charge in [0.15, 0.2) is 0 Å². The molecular weight excluding hydrogens is 241 g/mol. The summed E-state index contributed by atoms with van der Waals surface area (Å²) in [7, 11) is 0. The molecule has 4 heteroatoms. The van der Waals surface area contributed by atoms with E-state index in [0.29, 0.717) is 12.1 Å². The minimum absolute atomic E-state index is 0.0346. The zero-order chi connectivity index (χ0) is 12.5. The van der Waals surface area contributed by atoms with Gasteiger partial charge >= 0.3 is 0 Å². The molecule has 1 aliphatic rings. The Kier molecular flexibility index (Phi) is 3.50. The fourth-order valence-corrected chi connectivity index (χ4v) is 2.44. The smallest absolute Gasteiger partial charge is 0.145 e. The van der Waals surface area contributed by atoms with Gasteiger partial charge in [0.05, 0.1) is 5.02 Å². The molecule has 2 nitrogen and oxygen atoms in total. The molecular formula is C13H15ClFNO. The zero-order valence-electron chi connectivity index (χ0n) is 9.51. The van der Waals surface area contributed by atoms with Gasteiger partial charge in [-0.1, -0.05) is 30.2 Å². The van der Waals surface area contributed by atoms with Crippen molar-refractivity contribution < 1.29 is 9.18 Å². The minimum Gasteiger partial charge on any atom is -0.329 e. The Balaban J connectivity index is 2.16. The quantitative estimate of drug-likeness (QED) is 0.899. The first-order chi connectivity index (χ1) is 8.09. The van der Waals surface area contributed by atoms with Gasteiger partial charge in [-0.3, -0.25) is 4.79 Å². The monoisotopic (exact) mass is 255 g/mol. The molecule has 1 saturated carbocycles. The highest BCUT2D eigenvalue weighted by Gasteiger charge is 2.42. The fourth-order valence-electron chi connectivity index (χ4n) is 2.25. The molecule has 1 aromatic rings. The van der Waals surface area contributed by atoms with Crippen LogP contribution in [-0.2, 0) is 11.2 Å². The third kappa shape index (κ3) is 2.22. The lowest BCUT2D eigenvalue weighted by Gasteiger charge is -2.39. The summed E-state index contributed by atoms with van der Waals surface area (Å²) in [5, 5.41) is 0.0608. The number of carbonyl (C=O) groups excluding carboxylic acids is 1. The van der Waals surface area contributed by atoms with E-state index < -0.39 is 11.2 Å². The lowest BCUT2D eigenvalue weighted by molar-refractivity contribution is -0.132. The molecule has 2 N–H and O–H groups in total. The summed E-state index contributed by atoms with van der Waals surface area (Å²) >= 11 is 5.68. The lowest BCUT2D eigenvalue weighted by atomic mass is 9.65. The normalized spacial score (nSPS) is 17.6. The van der Waals surface area contributed by atoms with E-state index in [1.165, 1.54) is 6.07 Å². The van der Waals surface area contributed by atoms with Crippen molar-refractivity contribution in [2.24, 2.45) is 11.1 Å². The number of benzene rings is 1. The summed E-state index contributed by atoms with van der Waals surface area (Å²) in [5.41, 5.74) is 5.61. The summed E-state index contributed by atoms with van der Waals surface area (Å²) in [4.78, 5) is 12.1. The summed E-state index contributed by atoms with van der Waals surface area (Å²) in [6.45, 7) is 0.355. The molecule has 0 amide bonds. The molecule has 17 heavy (non-hydrogen) atoms. The van der Waals surface area contributed by atoms with Crippen molar-refractivity contribution in [2.75, 3.05) is 6.54 Å². The van der Waals surface area contributed by atoms with Gasteiger partial charge in [-0.2, -0.15) is 0 Å². The van der Waals surface area contributed by atoms with Crippen molar-refractivity contribution in [3.63, 3.8) is 0 Å². The molecule has 0 radical (unpaired) electrons. The first-order valence-corrected chi connectivity index (χ1v) is 6.13. The Bertz CT molecular complexity index is 438. The average Bonchev–Trinajstić information content (AvgIpc) is 2.24. The number of carbonyl (C=O) groups is 1. The third-order valence-corrected chi connectivity index (χ3v) is 3.97. The number of ketones is 1. The van der Waals surface area contributed by atoms with Crippen molar-refractivity contribution in [3.8, 4) is 0 Å². The molecule has 0 aliphatic heterocycles. The highest BCUT2D eigenvalue weighted by Crippen LogP contribution is 2.41. The largest absolute Gasteiger partial charge is 0.329 e. The van der Waals surface area contributed by atoms with Crippen LogP contribution in [-0.4, -0.2) is 12.3 Å². The Hall–Kier alpha value is -0.930. The van der Waals surface area contributed by atoms with Crippen LogP contribution in [0.2, 0.25) is 5.02 Å². The van der Waals surface area contributed by atoms with Gasteiger partial charge in [-0.15, -0.1) is 0 Å². The summed E-state index contributed by atoms with van der Waals surface area (Å²) in [5.74, 6) is -0.457. The maximum Gasteiger partial charge on any atom is 0.145 e. The summed E-state index contributed by atoms with van der Waals surface area (Å²) < 4.78 is 13.7. The van der Waals surface area contributed by atoms with Gasteiger partial charge in [0.2, 0.25) is 0 Å². The van der Waals surface area contributed by atoms with Crippen LogP contribution >= 0.6 is 11.6 Å². The number of rotatable bonds is 4. The highest BCUT2D eigenvalue weighted by molar-refractivity contribution is 6.30. The van der Waals surface area contributed by atoms with E-state index in [1.54, 1.807) is 12.1 Å². The maximum absolute atomic E-state index is 13.7. The van der Waals surface area contributed by atoms with E-state index >= 15 is 0 Å². The average molecular weight is 256 g/mol. The fraction of sp³-hybridized carbons (Fsp3) is 0.462. The van der Waals surface area contributed by atoms with Crippen molar-refractivity contribution in [3.05, 3.63) is 34.6 Å². The number of Topliss-reactive ketones (excluding diaryl/α,β-unsaturated/α-hetero) is 1. The summed E-state index contributed by atoms with van der Waals surface area (Å²) in [6, 6.07) is 4.73. The van der Waals surface area contributed by atoms with Gasteiger partial charge in [0.1, 0.15) is 11.6 Å². The Labute approximate surface area is 105 Å². The lowest BCUT2D eigenvalue weighted by Crippen LogP contribution is -2.45. The molecule has 2 rings (SSSR count). The zero-order valence-corrected chi connectivity index (χ0v) is 10.3. The Morgan fingerprint density at radius 1 is 1.47 bits per heavy atom. The van der Waals surface area contributed by atoms with E-state index in [0.717, 1.165) is 19.3 Å². The first-order valence-electron chi connectivity index (χ1n) is 5.75. The molecule has 92 valence electrons. The molecule has 0 aromatic heterocycles. The molecule has 0 saturated heterocycles. The van der Waals surface area contributed by atoms with Gasteiger partial charge in [-0.25, -0.2) is 4.39 Å². The second kappa shape index (κ2) is 4.75. The van der Waals surface area contributed by atoms with Crippen LogP contribution in [0.4, 0.5) is 4.39 Å². The topological polar surface area (TPSA) is 43.1 Å². The minimum atomic E-state index is -0.492. The number of nitrogens with two attached hydrogens (primary N) is 1. The van der Waals surface area contributed by atoms with E-state index in [2.05, 4.69) is 0 Å². The van der Waals surface area contributed by atoms with Gasteiger partial charge in [0.25, 0.3) is 0 Å². The second-order valence-corrected chi connectivity index (χ2v) is 5.06. The maximum atomic E-state index is 13.7. The number of hydrogen-bond donors (Lipinski definition) is 1. The van der Waals surface area contributed by atoms with Crippen LogP contribution in [0.15, 0.2) is 18.2 Å². The van der Waals surface area contributed by atoms with Gasteiger partial charge in [-0.05, 0) is 24.5 Å². The first kappa shape index (κ1) is 12.5. The molecule has 1 aromatic carbocycles. The van der Waals surface area contributed by atoms with Crippen LogP contribution in [0.5, 0.6) is 0 Å². The molecule has 0 atom stereocenters. The Morgan fingerprint density at radius 3 is 2.71 bits per heavy atom. The van der Waals surface area contributed by atoms with E-state index in [-0.39, 0.29) is 17.2 Å². The molecule has 0 heterocycles. The van der Waals surface area contributed by atoms with Crippen molar-refractivity contribution in [1.82, 2.24) is 0 Å². The van der Waals surface area contributed by atoms with Gasteiger partial charge < -0.3 is 5.73 Å². The predicted molar refractivity (Wildman–Crippen MR) is 65.5 cm³/mol. The van der Waals surface area contributed by atoms with Crippen LogP contribution in [0.3, 0.4) is 0 Å². The number of hydrogen-bond acceptors (Lipinski definition) is 2. The van der Waals surface area contributed by atoms with Crippen molar-refractivity contribution >= 4 is 17.4 Å². The summed E-state index contributed by atoms with van der Waals surface area (Å²) in [6.07, 6.45) is 2.76. The SMILES string of the molecule is NCC1(C(=O)Cc2cccc(Cl)c2F)CCC1. The van der Waals surface area contributed by atoms with Gasteiger partial charge in [0, 0.05) is 18.4 Å². The second-order valence-electron chi connectivity index (χ2n) is 4.65. The van der Waals surface area contributed by atoms with Crippen LogP contribution in [0, 0.1) is 11.2 Å². The molecule has 0 unspecified atom stereocenters. The predicted octanol–water partition coefficient (Wildman–Crippen LogP) is 2.72. The van der Waals surface area contributed by atoms with E-state index in [4.69, 9.17) is 17.3 Å². The van der Waals surface area contributed by atoms with Crippen LogP contribution in [0.1, 0.15) is 24.8 Å². The Morgan fingerprint density at radius 2 is 2.18 bits per heavy atom.